The van der Waals surface area contributed by atoms with E-state index in [0.29, 0.717) is 33.3 Å². The Morgan fingerprint density at radius 2 is 1.69 bits per heavy atom. The lowest BCUT2D eigenvalue weighted by Gasteiger charge is -2.10. The first-order valence-corrected chi connectivity index (χ1v) is 11.4. The highest BCUT2D eigenvalue weighted by molar-refractivity contribution is 8.00. The Labute approximate surface area is 205 Å². The van der Waals surface area contributed by atoms with Crippen LogP contribution in [0.1, 0.15) is 15.9 Å². The second-order valence-corrected chi connectivity index (χ2v) is 8.24. The average Bonchev–Trinajstić information content (AvgIpc) is 3.34. The van der Waals surface area contributed by atoms with E-state index in [1.54, 1.807) is 66.7 Å². The minimum absolute atomic E-state index is 0.0334. The molecule has 0 aromatic heterocycles. The van der Waals surface area contributed by atoms with Crippen LogP contribution in [0.4, 0.5) is 11.4 Å². The maximum atomic E-state index is 12.6. The van der Waals surface area contributed by atoms with E-state index >= 15 is 0 Å². The lowest BCUT2D eigenvalue weighted by Crippen LogP contribution is -2.21. The number of ether oxygens (including phenoxy) is 3. The van der Waals surface area contributed by atoms with Crippen LogP contribution in [0.25, 0.3) is 0 Å². The van der Waals surface area contributed by atoms with Crippen molar-refractivity contribution in [3.63, 3.8) is 0 Å². The van der Waals surface area contributed by atoms with Crippen molar-refractivity contribution >= 4 is 40.9 Å². The number of amides is 2. The second-order valence-electron chi connectivity index (χ2n) is 7.22. The van der Waals surface area contributed by atoms with Gasteiger partial charge in [-0.05, 0) is 42.5 Å². The van der Waals surface area contributed by atoms with Gasteiger partial charge in [0, 0.05) is 22.3 Å². The Hall–Kier alpha value is -4.49. The number of hydrogen-bond acceptors (Lipinski definition) is 8. The summed E-state index contributed by atoms with van der Waals surface area (Å²) in [4.78, 5) is 37.7. The molecule has 2 N–H and O–H groups in total. The van der Waals surface area contributed by atoms with Crippen molar-refractivity contribution < 1.29 is 28.6 Å². The standard InChI is InChI=1S/C25H19N3O6S/c26-12-16-4-3-5-17(10-16)28-24(30)14-35-22-7-2-1-6-19(22)25(31)32-13-23(29)27-18-8-9-20-21(11-18)34-15-33-20/h1-11H,13-15H2,(H,27,29)(H,28,30). The predicted octanol–water partition coefficient (Wildman–Crippen LogP) is 3.81. The van der Waals surface area contributed by atoms with Crippen molar-refractivity contribution in [1.29, 1.82) is 5.26 Å². The highest BCUT2D eigenvalue weighted by Crippen LogP contribution is 2.34. The molecule has 0 aliphatic carbocycles. The molecule has 0 unspecified atom stereocenters. The molecule has 0 fully saturated rings. The van der Waals surface area contributed by atoms with Gasteiger partial charge < -0.3 is 24.8 Å². The van der Waals surface area contributed by atoms with E-state index in [2.05, 4.69) is 10.6 Å². The molecule has 1 heterocycles. The molecule has 0 saturated carbocycles. The maximum absolute atomic E-state index is 12.6. The van der Waals surface area contributed by atoms with Crippen LogP contribution in [-0.2, 0) is 14.3 Å². The van der Waals surface area contributed by atoms with Crippen LogP contribution in [0, 0.1) is 11.3 Å². The predicted molar refractivity (Wildman–Crippen MR) is 128 cm³/mol. The fourth-order valence-electron chi connectivity index (χ4n) is 3.15. The van der Waals surface area contributed by atoms with E-state index in [1.165, 1.54) is 0 Å². The molecule has 0 spiro atoms. The summed E-state index contributed by atoms with van der Waals surface area (Å²) in [6.07, 6.45) is 0. The van der Waals surface area contributed by atoms with E-state index in [-0.39, 0.29) is 24.0 Å². The maximum Gasteiger partial charge on any atom is 0.339 e. The smallest absolute Gasteiger partial charge is 0.339 e. The Morgan fingerprint density at radius 3 is 2.54 bits per heavy atom. The number of carbonyl (C=O) groups excluding carboxylic acids is 3. The lowest BCUT2D eigenvalue weighted by atomic mass is 10.2. The van der Waals surface area contributed by atoms with Crippen molar-refractivity contribution in [3.05, 3.63) is 77.9 Å². The monoisotopic (exact) mass is 489 g/mol. The van der Waals surface area contributed by atoms with Gasteiger partial charge in [0.15, 0.2) is 18.1 Å². The highest BCUT2D eigenvalue weighted by atomic mass is 32.2. The van der Waals surface area contributed by atoms with Crippen molar-refractivity contribution in [2.45, 2.75) is 4.90 Å². The molecule has 1 aliphatic heterocycles. The normalized spacial score (nSPS) is 11.3. The first-order chi connectivity index (χ1) is 17.0. The molecule has 4 rings (SSSR count). The third-order valence-corrected chi connectivity index (χ3v) is 5.81. The molecule has 3 aromatic carbocycles. The molecule has 35 heavy (non-hydrogen) atoms. The zero-order valence-corrected chi connectivity index (χ0v) is 19.1. The highest BCUT2D eigenvalue weighted by Gasteiger charge is 2.17. The van der Waals surface area contributed by atoms with Gasteiger partial charge in [0.25, 0.3) is 5.91 Å². The number of nitriles is 1. The van der Waals surface area contributed by atoms with Crippen LogP contribution in [-0.4, -0.2) is 36.9 Å². The van der Waals surface area contributed by atoms with E-state index in [9.17, 15) is 14.4 Å². The fraction of sp³-hybridized carbons (Fsp3) is 0.120. The van der Waals surface area contributed by atoms with Crippen LogP contribution in [0.5, 0.6) is 11.5 Å². The van der Waals surface area contributed by atoms with Gasteiger partial charge in [-0.3, -0.25) is 9.59 Å². The van der Waals surface area contributed by atoms with Crippen LogP contribution in [0.3, 0.4) is 0 Å². The molecular weight excluding hydrogens is 470 g/mol. The first-order valence-electron chi connectivity index (χ1n) is 10.4. The van der Waals surface area contributed by atoms with E-state index in [0.717, 1.165) is 11.8 Å². The fourth-order valence-corrected chi connectivity index (χ4v) is 3.99. The van der Waals surface area contributed by atoms with Gasteiger partial charge in [-0.15, -0.1) is 11.8 Å². The molecule has 0 atom stereocenters. The van der Waals surface area contributed by atoms with Crippen molar-refractivity contribution in [2.24, 2.45) is 0 Å². The van der Waals surface area contributed by atoms with Crippen LogP contribution >= 0.6 is 11.8 Å². The Bertz CT molecular complexity index is 1320. The number of esters is 1. The first kappa shape index (κ1) is 23.7. The number of benzene rings is 3. The number of rotatable bonds is 8. The zero-order chi connectivity index (χ0) is 24.6. The van der Waals surface area contributed by atoms with E-state index < -0.39 is 18.5 Å². The molecular formula is C25H19N3O6S. The topological polar surface area (TPSA) is 127 Å². The number of anilines is 2. The Balaban J connectivity index is 1.29. The summed E-state index contributed by atoms with van der Waals surface area (Å²) in [6, 6.07) is 20.2. The molecule has 2 amide bonds. The molecule has 0 radical (unpaired) electrons. The largest absolute Gasteiger partial charge is 0.454 e. The molecule has 0 saturated heterocycles. The Kier molecular flexibility index (Phi) is 7.50. The quantitative estimate of drug-likeness (QED) is 0.361. The van der Waals surface area contributed by atoms with Gasteiger partial charge in [-0.25, -0.2) is 4.79 Å². The summed E-state index contributed by atoms with van der Waals surface area (Å²) in [6.45, 7) is -0.361. The molecule has 176 valence electrons. The zero-order valence-electron chi connectivity index (χ0n) is 18.3. The molecule has 1 aliphatic rings. The van der Waals surface area contributed by atoms with E-state index in [4.69, 9.17) is 19.5 Å². The van der Waals surface area contributed by atoms with Crippen LogP contribution < -0.4 is 20.1 Å². The summed E-state index contributed by atoms with van der Waals surface area (Å²) in [5.74, 6) is -0.347. The number of fused-ring (bicyclic) bond motifs is 1. The lowest BCUT2D eigenvalue weighted by molar-refractivity contribution is -0.119. The van der Waals surface area contributed by atoms with Gasteiger partial charge in [-0.2, -0.15) is 5.26 Å². The SMILES string of the molecule is N#Cc1cccc(NC(=O)CSc2ccccc2C(=O)OCC(=O)Nc2ccc3c(c2)OCO3)c1. The Morgan fingerprint density at radius 1 is 0.914 bits per heavy atom. The molecule has 10 heteroatoms. The van der Waals surface area contributed by atoms with Crippen molar-refractivity contribution in [1.82, 2.24) is 0 Å². The number of hydrogen-bond donors (Lipinski definition) is 2. The summed E-state index contributed by atoms with van der Waals surface area (Å²) in [5, 5.41) is 14.3. The van der Waals surface area contributed by atoms with Crippen molar-refractivity contribution in [3.8, 4) is 17.6 Å². The second kappa shape index (κ2) is 11.1. The van der Waals surface area contributed by atoms with Gasteiger partial charge >= 0.3 is 5.97 Å². The molecule has 0 bridgehead atoms. The summed E-state index contributed by atoms with van der Waals surface area (Å²) >= 11 is 1.16. The van der Waals surface area contributed by atoms with Crippen LogP contribution in [0.15, 0.2) is 71.6 Å². The third-order valence-electron chi connectivity index (χ3n) is 4.73. The number of nitrogens with one attached hydrogen (secondary N) is 2. The van der Waals surface area contributed by atoms with Gasteiger partial charge in [0.1, 0.15) is 0 Å². The number of nitrogens with zero attached hydrogens (tertiary/aromatic N) is 1. The summed E-state index contributed by atoms with van der Waals surface area (Å²) < 4.78 is 15.7. The molecule has 3 aromatic rings. The third kappa shape index (κ3) is 6.31. The number of carbonyl (C=O) groups is 3. The average molecular weight is 490 g/mol. The molecule has 9 nitrogen and oxygen atoms in total. The minimum atomic E-state index is -0.684. The van der Waals surface area contributed by atoms with Crippen molar-refractivity contribution in [2.75, 3.05) is 29.8 Å². The number of thioether (sulfide) groups is 1. The van der Waals surface area contributed by atoms with Gasteiger partial charge in [0.2, 0.25) is 12.7 Å². The van der Waals surface area contributed by atoms with E-state index in [1.807, 2.05) is 6.07 Å². The van der Waals surface area contributed by atoms with Gasteiger partial charge in [0.05, 0.1) is 22.9 Å². The minimum Gasteiger partial charge on any atom is -0.454 e. The van der Waals surface area contributed by atoms with Gasteiger partial charge in [-0.1, -0.05) is 18.2 Å². The van der Waals surface area contributed by atoms with Crippen LogP contribution in [0.2, 0.25) is 0 Å². The summed E-state index contributed by atoms with van der Waals surface area (Å²) in [5.41, 5.74) is 1.67. The summed E-state index contributed by atoms with van der Waals surface area (Å²) in [7, 11) is 0.